The number of thioether (sulfide) groups is 1. The fourth-order valence-electron chi connectivity index (χ4n) is 5.58. The van der Waals surface area contributed by atoms with Crippen LogP contribution in [0, 0.1) is 0 Å². The summed E-state index contributed by atoms with van der Waals surface area (Å²) in [5.41, 5.74) is 4.04. The highest BCUT2D eigenvalue weighted by molar-refractivity contribution is 8.15. The van der Waals surface area contributed by atoms with Gasteiger partial charge in [0.2, 0.25) is 11.8 Å². The lowest BCUT2D eigenvalue weighted by Gasteiger charge is -2.28. The van der Waals surface area contributed by atoms with Crippen molar-refractivity contribution < 1.29 is 23.9 Å². The molecule has 1 aliphatic carbocycles. The number of rotatable bonds is 7. The molecule has 1 saturated carbocycles. The van der Waals surface area contributed by atoms with E-state index in [0.717, 1.165) is 54.1 Å². The molecule has 2 unspecified atom stereocenters. The number of hydrogen-bond acceptors (Lipinski definition) is 6. The molecular formula is C28H31N3O5S. The van der Waals surface area contributed by atoms with Gasteiger partial charge in [0.1, 0.15) is 11.0 Å². The van der Waals surface area contributed by atoms with Crippen molar-refractivity contribution in [3.05, 3.63) is 58.7 Å². The molecule has 1 saturated heterocycles. The highest BCUT2D eigenvalue weighted by atomic mass is 32.2. The Morgan fingerprint density at radius 1 is 1.03 bits per heavy atom. The van der Waals surface area contributed by atoms with Crippen molar-refractivity contribution in [2.45, 2.75) is 68.6 Å². The fourth-order valence-corrected chi connectivity index (χ4v) is 6.55. The van der Waals surface area contributed by atoms with Crippen LogP contribution in [0.4, 0.5) is 10.5 Å². The van der Waals surface area contributed by atoms with Crippen LogP contribution in [0.25, 0.3) is 0 Å². The number of anilines is 1. The van der Waals surface area contributed by atoms with Gasteiger partial charge in [-0.15, -0.1) is 0 Å². The van der Waals surface area contributed by atoms with Crippen LogP contribution in [0.2, 0.25) is 0 Å². The van der Waals surface area contributed by atoms with Gasteiger partial charge in [-0.3, -0.25) is 24.5 Å². The Morgan fingerprint density at radius 2 is 1.78 bits per heavy atom. The molecule has 5 rings (SSSR count). The van der Waals surface area contributed by atoms with Crippen molar-refractivity contribution in [2.75, 3.05) is 12.4 Å². The maximum Gasteiger partial charge on any atom is 0.286 e. The summed E-state index contributed by atoms with van der Waals surface area (Å²) >= 11 is 1.00. The van der Waals surface area contributed by atoms with Crippen LogP contribution < -0.4 is 20.7 Å². The van der Waals surface area contributed by atoms with E-state index in [0.29, 0.717) is 36.3 Å². The molecule has 2 fully saturated rings. The molecule has 0 bridgehead atoms. The molecule has 2 heterocycles. The molecule has 2 aromatic carbocycles. The van der Waals surface area contributed by atoms with Gasteiger partial charge in [-0.2, -0.15) is 0 Å². The van der Waals surface area contributed by atoms with E-state index >= 15 is 0 Å². The molecule has 8 nitrogen and oxygen atoms in total. The van der Waals surface area contributed by atoms with Gasteiger partial charge in [0.15, 0.2) is 0 Å². The molecule has 0 radical (unpaired) electrons. The van der Waals surface area contributed by atoms with Crippen LogP contribution in [-0.4, -0.2) is 41.4 Å². The van der Waals surface area contributed by atoms with Gasteiger partial charge < -0.3 is 15.4 Å². The summed E-state index contributed by atoms with van der Waals surface area (Å²) in [4.78, 5) is 49.7. The maximum absolute atomic E-state index is 12.8. The molecule has 2 atom stereocenters. The molecule has 37 heavy (non-hydrogen) atoms. The largest absolute Gasteiger partial charge is 0.495 e. The molecule has 194 valence electrons. The predicted molar refractivity (Wildman–Crippen MR) is 142 cm³/mol. The van der Waals surface area contributed by atoms with Crippen LogP contribution in [-0.2, 0) is 22.4 Å². The summed E-state index contributed by atoms with van der Waals surface area (Å²) in [5, 5.41) is 7.52. The van der Waals surface area contributed by atoms with Crippen molar-refractivity contribution in [1.29, 1.82) is 0 Å². The Kier molecular flexibility index (Phi) is 7.50. The summed E-state index contributed by atoms with van der Waals surface area (Å²) < 4.78 is 5.48. The van der Waals surface area contributed by atoms with E-state index in [1.54, 1.807) is 13.2 Å². The number of imide groups is 1. The number of amides is 4. The molecule has 3 N–H and O–H groups in total. The van der Waals surface area contributed by atoms with E-state index in [1.165, 1.54) is 6.42 Å². The zero-order valence-corrected chi connectivity index (χ0v) is 21.6. The first kappa shape index (κ1) is 25.3. The van der Waals surface area contributed by atoms with Gasteiger partial charge in [0.05, 0.1) is 12.8 Å². The Balaban J connectivity index is 1.42. The average Bonchev–Trinajstić information content (AvgIpc) is 3.24. The average molecular weight is 522 g/mol. The number of ether oxygens (including phenoxy) is 1. The quantitative estimate of drug-likeness (QED) is 0.500. The number of fused-ring (bicyclic) bond motifs is 1. The van der Waals surface area contributed by atoms with Crippen LogP contribution >= 0.6 is 11.8 Å². The second kappa shape index (κ2) is 11.0. The minimum atomic E-state index is -0.600. The van der Waals surface area contributed by atoms with Gasteiger partial charge >= 0.3 is 0 Å². The van der Waals surface area contributed by atoms with Crippen molar-refractivity contribution in [3.8, 4) is 5.75 Å². The van der Waals surface area contributed by atoms with Crippen molar-refractivity contribution in [1.82, 2.24) is 10.6 Å². The minimum absolute atomic E-state index is 0.0636. The SMILES string of the molecule is COc1ccc(C(Cc2ccc(C(=O)NC3CCCCC3)cc2)C2SC(=O)NC2=O)c2c1NC(=O)CC2. The summed E-state index contributed by atoms with van der Waals surface area (Å²) in [6.07, 6.45) is 6.95. The van der Waals surface area contributed by atoms with E-state index in [1.807, 2.05) is 30.3 Å². The van der Waals surface area contributed by atoms with Crippen molar-refractivity contribution >= 4 is 40.4 Å². The summed E-state index contributed by atoms with van der Waals surface area (Å²) in [5.74, 6) is -0.199. The maximum atomic E-state index is 12.8. The molecule has 9 heteroatoms. The molecule has 3 aliphatic rings. The van der Waals surface area contributed by atoms with Gasteiger partial charge in [-0.05, 0) is 60.6 Å². The summed E-state index contributed by atoms with van der Waals surface area (Å²) in [7, 11) is 1.55. The lowest BCUT2D eigenvalue weighted by atomic mass is 9.83. The van der Waals surface area contributed by atoms with E-state index in [-0.39, 0.29) is 34.9 Å². The van der Waals surface area contributed by atoms with Gasteiger partial charge in [0, 0.05) is 23.9 Å². The van der Waals surface area contributed by atoms with Crippen LogP contribution in [0.15, 0.2) is 36.4 Å². The van der Waals surface area contributed by atoms with Crippen LogP contribution in [0.1, 0.15) is 71.5 Å². The smallest absolute Gasteiger partial charge is 0.286 e. The van der Waals surface area contributed by atoms with E-state index in [2.05, 4.69) is 16.0 Å². The fraction of sp³-hybridized carbons (Fsp3) is 0.429. The third-order valence-corrected chi connectivity index (χ3v) is 8.60. The van der Waals surface area contributed by atoms with Gasteiger partial charge in [-0.25, -0.2) is 0 Å². The Morgan fingerprint density at radius 3 is 2.46 bits per heavy atom. The highest BCUT2D eigenvalue weighted by Crippen LogP contribution is 2.43. The van der Waals surface area contributed by atoms with Gasteiger partial charge in [0.25, 0.3) is 11.1 Å². The number of methoxy groups -OCH3 is 1. The van der Waals surface area contributed by atoms with Crippen molar-refractivity contribution in [2.24, 2.45) is 0 Å². The molecule has 4 amide bonds. The molecule has 2 aromatic rings. The molecule has 0 spiro atoms. The normalized spacial score (nSPS) is 20.6. The first-order valence-electron chi connectivity index (χ1n) is 12.8. The topological polar surface area (TPSA) is 114 Å². The monoisotopic (exact) mass is 521 g/mol. The first-order chi connectivity index (χ1) is 17.9. The second-order valence-electron chi connectivity index (χ2n) is 9.89. The van der Waals surface area contributed by atoms with Gasteiger partial charge in [-0.1, -0.05) is 49.2 Å². The molecule has 2 aliphatic heterocycles. The number of carbonyl (C=O) groups is 4. The standard InChI is InChI=1S/C28H31N3O5S/c1-36-22-13-11-19(20-12-14-23(32)30-24(20)22)21(25-27(34)31-28(35)37-25)15-16-7-9-17(10-8-16)26(33)29-18-5-3-2-4-6-18/h7-11,13,18,21,25H,2-6,12,14-15H2,1H3,(H,29,33)(H,30,32)(H,31,34,35). The Labute approximate surface area is 220 Å². The number of nitrogens with one attached hydrogen (secondary N) is 3. The first-order valence-corrected chi connectivity index (χ1v) is 13.7. The van der Waals surface area contributed by atoms with Crippen LogP contribution in [0.5, 0.6) is 5.75 Å². The number of carbonyl (C=O) groups excluding carboxylic acids is 4. The van der Waals surface area contributed by atoms with Crippen LogP contribution in [0.3, 0.4) is 0 Å². The molecule has 0 aromatic heterocycles. The van der Waals surface area contributed by atoms with Crippen molar-refractivity contribution in [3.63, 3.8) is 0 Å². The molecular weight excluding hydrogens is 490 g/mol. The third kappa shape index (κ3) is 5.51. The Bertz CT molecular complexity index is 1220. The van der Waals surface area contributed by atoms with E-state index in [9.17, 15) is 19.2 Å². The number of hydrogen-bond donors (Lipinski definition) is 3. The number of benzene rings is 2. The highest BCUT2D eigenvalue weighted by Gasteiger charge is 2.40. The summed E-state index contributed by atoms with van der Waals surface area (Å²) in [6, 6.07) is 11.4. The zero-order chi connectivity index (χ0) is 25.9. The lowest BCUT2D eigenvalue weighted by molar-refractivity contribution is -0.119. The predicted octanol–water partition coefficient (Wildman–Crippen LogP) is 4.32. The second-order valence-corrected chi connectivity index (χ2v) is 11.0. The zero-order valence-electron chi connectivity index (χ0n) is 20.8. The Hall–Kier alpha value is -3.33. The lowest BCUT2D eigenvalue weighted by Crippen LogP contribution is -2.36. The third-order valence-electron chi connectivity index (χ3n) is 7.49. The van der Waals surface area contributed by atoms with E-state index < -0.39 is 5.25 Å². The summed E-state index contributed by atoms with van der Waals surface area (Å²) in [6.45, 7) is 0. The van der Waals surface area contributed by atoms with E-state index in [4.69, 9.17) is 4.74 Å². The minimum Gasteiger partial charge on any atom is -0.495 e.